The molecule has 0 bridgehead atoms. The minimum absolute atomic E-state index is 0.248. The summed E-state index contributed by atoms with van der Waals surface area (Å²) in [6, 6.07) is 15.1. The zero-order chi connectivity index (χ0) is 23.4. The number of nitrogens with zero attached hydrogens (tertiary/aromatic N) is 2. The quantitative estimate of drug-likeness (QED) is 0.493. The summed E-state index contributed by atoms with van der Waals surface area (Å²) in [6.07, 6.45) is 4.96. The van der Waals surface area contributed by atoms with E-state index < -0.39 is 0 Å². The lowest BCUT2D eigenvalue weighted by Gasteiger charge is -2.26. The fourth-order valence-corrected chi connectivity index (χ4v) is 5.27. The van der Waals surface area contributed by atoms with Gasteiger partial charge in [0.25, 0.3) is 0 Å². The average molecular weight is 447 g/mol. The van der Waals surface area contributed by atoms with Gasteiger partial charge >= 0.3 is 0 Å². The minimum Gasteiger partial charge on any atom is -0.493 e. The fraction of sp³-hybridized carbons (Fsp3) is 0.483. The number of carbonyl (C=O) groups excluding carboxylic acids is 1. The van der Waals surface area contributed by atoms with Crippen LogP contribution in [-0.4, -0.2) is 44.0 Å². The second-order valence-corrected chi connectivity index (χ2v) is 9.72. The Labute approximate surface area is 199 Å². The highest BCUT2D eigenvalue weighted by atomic mass is 16.5. The molecule has 1 saturated heterocycles. The molecule has 0 aromatic heterocycles. The van der Waals surface area contributed by atoms with Crippen LogP contribution in [0, 0.1) is 5.92 Å². The molecule has 0 amide bonds. The van der Waals surface area contributed by atoms with Gasteiger partial charge in [0.15, 0.2) is 5.78 Å². The van der Waals surface area contributed by atoms with Crippen molar-refractivity contribution in [3.05, 3.63) is 71.4 Å². The smallest absolute Gasteiger partial charge is 0.163 e. The van der Waals surface area contributed by atoms with Gasteiger partial charge < -0.3 is 14.5 Å². The molecule has 4 nitrogen and oxygen atoms in total. The van der Waals surface area contributed by atoms with E-state index in [0.29, 0.717) is 24.9 Å². The van der Waals surface area contributed by atoms with Crippen molar-refractivity contribution in [3.63, 3.8) is 0 Å². The number of anilines is 1. The number of hydrogen-bond acceptors (Lipinski definition) is 4. The first-order valence-corrected chi connectivity index (χ1v) is 12.5. The molecule has 1 heterocycles. The molecular weight excluding hydrogens is 408 g/mol. The molecule has 1 fully saturated rings. The summed E-state index contributed by atoms with van der Waals surface area (Å²) >= 11 is 0. The van der Waals surface area contributed by atoms with E-state index in [2.05, 4.69) is 60.7 Å². The first kappa shape index (κ1) is 23.6. The standard InChI is InChI=1S/C29H38N2O2/c1-5-16-31-17-14-24(20-33-26-12-8-23-9-13-29(32)28(23)19-26)27(15-18-31)22-6-10-25(11-7-22)30(4)21(2)3/h6-8,10-12,19,24,27H,2,5,9,13-18,20H2,1,3-4H3/t24-,27-/m0/s1. The summed E-state index contributed by atoms with van der Waals surface area (Å²) in [7, 11) is 2.06. The van der Waals surface area contributed by atoms with E-state index in [9.17, 15) is 4.79 Å². The summed E-state index contributed by atoms with van der Waals surface area (Å²) in [5, 5.41) is 0. The number of likely N-dealkylation sites (tertiary alicyclic amines) is 1. The van der Waals surface area contributed by atoms with Crippen LogP contribution in [0.15, 0.2) is 54.7 Å². The molecule has 2 aromatic rings. The van der Waals surface area contributed by atoms with Gasteiger partial charge in [-0.25, -0.2) is 0 Å². The van der Waals surface area contributed by atoms with E-state index in [1.54, 1.807) is 0 Å². The molecule has 1 aliphatic heterocycles. The van der Waals surface area contributed by atoms with Crippen molar-refractivity contribution in [1.29, 1.82) is 0 Å². The average Bonchev–Trinajstić information content (AvgIpc) is 3.07. The second-order valence-electron chi connectivity index (χ2n) is 9.72. The number of ketones is 1. The summed E-state index contributed by atoms with van der Waals surface area (Å²) in [5.41, 5.74) is 5.62. The maximum absolute atomic E-state index is 12.2. The summed E-state index contributed by atoms with van der Waals surface area (Å²) in [6.45, 7) is 12.4. The molecular formula is C29H38N2O2. The van der Waals surface area contributed by atoms with Gasteiger partial charge in [0.2, 0.25) is 0 Å². The SMILES string of the molecule is C=C(C)N(C)c1ccc([C@@H]2CCN(CCC)CC[C@H]2COc2ccc3c(c2)C(=O)CC3)cc1. The molecule has 2 aliphatic rings. The minimum atomic E-state index is 0.248. The largest absolute Gasteiger partial charge is 0.493 e. The third-order valence-electron chi connectivity index (χ3n) is 7.43. The van der Waals surface area contributed by atoms with Crippen molar-refractivity contribution >= 4 is 11.5 Å². The molecule has 0 saturated carbocycles. The molecule has 33 heavy (non-hydrogen) atoms. The summed E-state index contributed by atoms with van der Waals surface area (Å²) < 4.78 is 6.32. The van der Waals surface area contributed by atoms with E-state index in [0.717, 1.165) is 61.5 Å². The van der Waals surface area contributed by atoms with Gasteiger partial charge in [-0.2, -0.15) is 0 Å². The number of fused-ring (bicyclic) bond motifs is 1. The van der Waals surface area contributed by atoms with Crippen molar-refractivity contribution in [1.82, 2.24) is 4.90 Å². The Kier molecular flexibility index (Phi) is 7.54. The third kappa shape index (κ3) is 5.50. The molecule has 0 N–H and O–H groups in total. The normalized spacial score (nSPS) is 20.9. The lowest BCUT2D eigenvalue weighted by Crippen LogP contribution is -2.25. The molecule has 2 aromatic carbocycles. The van der Waals surface area contributed by atoms with E-state index >= 15 is 0 Å². The zero-order valence-corrected chi connectivity index (χ0v) is 20.5. The van der Waals surface area contributed by atoms with Crippen LogP contribution in [0.2, 0.25) is 0 Å². The lowest BCUT2D eigenvalue weighted by molar-refractivity contribution is 0.0994. The van der Waals surface area contributed by atoms with E-state index in [1.807, 2.05) is 19.1 Å². The number of ether oxygens (including phenoxy) is 1. The molecule has 0 radical (unpaired) electrons. The van der Waals surface area contributed by atoms with Gasteiger partial charge in [0.05, 0.1) is 6.61 Å². The number of rotatable bonds is 8. The monoisotopic (exact) mass is 446 g/mol. The van der Waals surface area contributed by atoms with Gasteiger partial charge in [-0.1, -0.05) is 31.7 Å². The molecule has 4 rings (SSSR count). The van der Waals surface area contributed by atoms with E-state index in [1.165, 1.54) is 17.7 Å². The first-order valence-electron chi connectivity index (χ1n) is 12.5. The van der Waals surface area contributed by atoms with Gasteiger partial charge in [-0.05, 0) is 93.6 Å². The molecule has 176 valence electrons. The lowest BCUT2D eigenvalue weighted by atomic mass is 9.83. The third-order valence-corrected chi connectivity index (χ3v) is 7.43. The van der Waals surface area contributed by atoms with Gasteiger partial charge in [0.1, 0.15) is 5.75 Å². The number of hydrogen-bond donors (Lipinski definition) is 0. The number of Topliss-reactive ketones (excluding diaryl/α,β-unsaturated/α-hetero) is 1. The Morgan fingerprint density at radius 1 is 1.12 bits per heavy atom. The predicted octanol–water partition coefficient (Wildman–Crippen LogP) is 6.07. The van der Waals surface area contributed by atoms with Crippen LogP contribution in [0.4, 0.5) is 5.69 Å². The molecule has 4 heteroatoms. The highest BCUT2D eigenvalue weighted by Crippen LogP contribution is 2.35. The van der Waals surface area contributed by atoms with Crippen molar-refractivity contribution in [2.45, 2.75) is 51.9 Å². The Morgan fingerprint density at radius 2 is 1.88 bits per heavy atom. The van der Waals surface area contributed by atoms with Crippen LogP contribution in [-0.2, 0) is 6.42 Å². The molecule has 2 atom stereocenters. The summed E-state index contributed by atoms with van der Waals surface area (Å²) in [5.74, 6) is 1.99. The number of carbonyl (C=O) groups is 1. The van der Waals surface area contributed by atoms with Gasteiger partial charge in [-0.15, -0.1) is 0 Å². The maximum atomic E-state index is 12.2. The number of benzene rings is 2. The fourth-order valence-electron chi connectivity index (χ4n) is 5.27. The van der Waals surface area contributed by atoms with Crippen LogP contribution in [0.1, 0.15) is 66.9 Å². The highest BCUT2D eigenvalue weighted by Gasteiger charge is 2.28. The van der Waals surface area contributed by atoms with Crippen molar-refractivity contribution in [2.75, 3.05) is 38.2 Å². The van der Waals surface area contributed by atoms with Crippen LogP contribution in [0.3, 0.4) is 0 Å². The molecule has 1 aliphatic carbocycles. The van der Waals surface area contributed by atoms with Gasteiger partial charge in [0, 0.05) is 36.3 Å². The highest BCUT2D eigenvalue weighted by molar-refractivity contribution is 6.00. The Balaban J connectivity index is 1.51. The van der Waals surface area contributed by atoms with Crippen molar-refractivity contribution in [3.8, 4) is 5.75 Å². The number of allylic oxidation sites excluding steroid dienone is 1. The number of aryl methyl sites for hydroxylation is 1. The van der Waals surface area contributed by atoms with Crippen LogP contribution >= 0.6 is 0 Å². The first-order chi connectivity index (χ1) is 16.0. The summed E-state index contributed by atoms with van der Waals surface area (Å²) in [4.78, 5) is 16.9. The van der Waals surface area contributed by atoms with Crippen molar-refractivity contribution < 1.29 is 9.53 Å². The van der Waals surface area contributed by atoms with Crippen LogP contribution in [0.5, 0.6) is 5.75 Å². The Morgan fingerprint density at radius 3 is 2.61 bits per heavy atom. The van der Waals surface area contributed by atoms with E-state index in [-0.39, 0.29) is 5.78 Å². The van der Waals surface area contributed by atoms with Crippen LogP contribution < -0.4 is 9.64 Å². The van der Waals surface area contributed by atoms with Crippen molar-refractivity contribution in [2.24, 2.45) is 5.92 Å². The van der Waals surface area contributed by atoms with Gasteiger partial charge in [-0.3, -0.25) is 4.79 Å². The predicted molar refractivity (Wildman–Crippen MR) is 136 cm³/mol. The zero-order valence-electron chi connectivity index (χ0n) is 20.5. The topological polar surface area (TPSA) is 32.8 Å². The van der Waals surface area contributed by atoms with E-state index in [4.69, 9.17) is 4.74 Å². The second kappa shape index (κ2) is 10.6. The Hall–Kier alpha value is -2.59. The van der Waals surface area contributed by atoms with Crippen LogP contribution in [0.25, 0.3) is 0 Å². The molecule has 0 unspecified atom stereocenters. The maximum Gasteiger partial charge on any atom is 0.163 e. The Bertz CT molecular complexity index is 982. The molecule has 0 spiro atoms.